The maximum Gasteiger partial charge on any atom is 0.323 e. The van der Waals surface area contributed by atoms with Crippen LogP contribution in [0.1, 0.15) is 6.42 Å². The van der Waals surface area contributed by atoms with Gasteiger partial charge in [0, 0.05) is 7.05 Å². The van der Waals surface area contributed by atoms with Crippen molar-refractivity contribution in [1.29, 1.82) is 0 Å². The maximum absolute atomic E-state index is 5.39. The van der Waals surface area contributed by atoms with Crippen LogP contribution < -0.4 is 10.1 Å². The number of anilines is 1. The van der Waals surface area contributed by atoms with E-state index in [9.17, 15) is 0 Å². The van der Waals surface area contributed by atoms with Crippen LogP contribution in [0, 0.1) is 0 Å². The fourth-order valence-electron chi connectivity index (χ4n) is 1.17. The summed E-state index contributed by atoms with van der Waals surface area (Å²) in [5.41, 5.74) is 0. The number of ether oxygens (including phenoxy) is 1. The molecule has 2 heterocycles. The summed E-state index contributed by atoms with van der Waals surface area (Å²) in [6, 6.07) is 0.238. The Bertz CT molecular complexity index is 511. The second kappa shape index (κ2) is 5.71. The molecule has 0 atom stereocenters. The van der Waals surface area contributed by atoms with Gasteiger partial charge in [-0.2, -0.15) is 24.7 Å². The van der Waals surface area contributed by atoms with Gasteiger partial charge in [-0.15, -0.1) is 6.58 Å². The molecule has 8 heteroatoms. The third kappa shape index (κ3) is 2.78. The molecule has 1 N–H and O–H groups in total. The van der Waals surface area contributed by atoms with Crippen molar-refractivity contribution in [3.63, 3.8) is 0 Å². The van der Waals surface area contributed by atoms with Gasteiger partial charge in [-0.05, 0) is 6.42 Å². The highest BCUT2D eigenvalue weighted by atomic mass is 16.5. The molecule has 0 fully saturated rings. The molecular formula is C10H13N7O. The van der Waals surface area contributed by atoms with Crippen molar-refractivity contribution in [2.24, 2.45) is 0 Å². The van der Waals surface area contributed by atoms with Crippen LogP contribution in [-0.2, 0) is 0 Å². The van der Waals surface area contributed by atoms with E-state index in [-0.39, 0.29) is 6.01 Å². The number of hydrogen-bond donors (Lipinski definition) is 1. The number of nitrogens with zero attached hydrogens (tertiary/aromatic N) is 6. The highest BCUT2D eigenvalue weighted by molar-refractivity contribution is 5.28. The minimum atomic E-state index is 0.238. The minimum Gasteiger partial charge on any atom is -0.463 e. The van der Waals surface area contributed by atoms with Gasteiger partial charge >= 0.3 is 6.01 Å². The van der Waals surface area contributed by atoms with E-state index >= 15 is 0 Å². The van der Waals surface area contributed by atoms with E-state index in [0.717, 1.165) is 6.42 Å². The molecule has 0 saturated carbocycles. The zero-order valence-electron chi connectivity index (χ0n) is 9.94. The Balaban J connectivity index is 2.24. The lowest BCUT2D eigenvalue weighted by Crippen LogP contribution is -2.10. The zero-order valence-corrected chi connectivity index (χ0v) is 9.94. The van der Waals surface area contributed by atoms with Crippen molar-refractivity contribution >= 4 is 5.95 Å². The first-order valence-electron chi connectivity index (χ1n) is 5.36. The molecule has 0 aliphatic carbocycles. The van der Waals surface area contributed by atoms with E-state index in [1.165, 1.54) is 17.3 Å². The molecule has 8 nitrogen and oxygen atoms in total. The summed E-state index contributed by atoms with van der Waals surface area (Å²) in [5.74, 6) is 0.754. The number of nitrogens with one attached hydrogen (secondary N) is 1. The van der Waals surface area contributed by atoms with E-state index in [4.69, 9.17) is 4.74 Å². The van der Waals surface area contributed by atoms with Crippen molar-refractivity contribution in [2.45, 2.75) is 6.42 Å². The Kier molecular flexibility index (Phi) is 3.79. The molecule has 0 spiro atoms. The van der Waals surface area contributed by atoms with Crippen molar-refractivity contribution in [3.8, 4) is 12.0 Å². The highest BCUT2D eigenvalue weighted by Gasteiger charge is 2.08. The largest absolute Gasteiger partial charge is 0.463 e. The summed E-state index contributed by atoms with van der Waals surface area (Å²) in [6.07, 6.45) is 5.39. The summed E-state index contributed by atoms with van der Waals surface area (Å²) in [5, 5.41) is 6.79. The van der Waals surface area contributed by atoms with Gasteiger partial charge in [-0.25, -0.2) is 4.98 Å². The fourth-order valence-corrected chi connectivity index (χ4v) is 1.17. The maximum atomic E-state index is 5.39. The first-order chi connectivity index (χ1) is 8.83. The number of rotatable bonds is 6. The molecule has 2 aromatic rings. The smallest absolute Gasteiger partial charge is 0.323 e. The van der Waals surface area contributed by atoms with Gasteiger partial charge in [0.1, 0.15) is 12.7 Å². The summed E-state index contributed by atoms with van der Waals surface area (Å²) in [6.45, 7) is 4.08. The van der Waals surface area contributed by atoms with Crippen molar-refractivity contribution in [1.82, 2.24) is 29.7 Å². The molecule has 0 aliphatic rings. The molecule has 0 radical (unpaired) electrons. The molecule has 18 heavy (non-hydrogen) atoms. The lowest BCUT2D eigenvalue weighted by molar-refractivity contribution is 0.297. The second-order valence-electron chi connectivity index (χ2n) is 3.26. The highest BCUT2D eigenvalue weighted by Crippen LogP contribution is 2.09. The Morgan fingerprint density at radius 3 is 3.00 bits per heavy atom. The van der Waals surface area contributed by atoms with Crippen LogP contribution in [0.2, 0.25) is 0 Å². The number of hydrogen-bond acceptors (Lipinski definition) is 7. The summed E-state index contributed by atoms with van der Waals surface area (Å²) < 4.78 is 6.83. The Labute approximate surface area is 104 Å². The molecule has 0 amide bonds. The normalized spacial score (nSPS) is 10.1. The topological polar surface area (TPSA) is 90.6 Å². The van der Waals surface area contributed by atoms with E-state index in [1.807, 2.05) is 0 Å². The van der Waals surface area contributed by atoms with Crippen LogP contribution in [0.3, 0.4) is 0 Å². The van der Waals surface area contributed by atoms with Crippen LogP contribution in [-0.4, -0.2) is 43.4 Å². The average molecular weight is 247 g/mol. The van der Waals surface area contributed by atoms with Crippen LogP contribution >= 0.6 is 0 Å². The van der Waals surface area contributed by atoms with Crippen molar-refractivity contribution in [3.05, 3.63) is 25.3 Å². The SMILES string of the molecule is C=CCCOc1nc(NC)nc(-n2cncn2)n1. The van der Waals surface area contributed by atoms with Crippen LogP contribution in [0.15, 0.2) is 25.3 Å². The molecular weight excluding hydrogens is 234 g/mol. The standard InChI is InChI=1S/C10H13N7O/c1-3-4-5-18-10-15-8(11-2)14-9(16-10)17-7-12-6-13-17/h3,6-7H,1,4-5H2,2H3,(H,11,14,15,16). The van der Waals surface area contributed by atoms with Gasteiger partial charge in [0.15, 0.2) is 0 Å². The van der Waals surface area contributed by atoms with Gasteiger partial charge in [0.05, 0.1) is 6.61 Å². The van der Waals surface area contributed by atoms with E-state index < -0.39 is 0 Å². The molecule has 0 aromatic carbocycles. The molecule has 0 aliphatic heterocycles. The first-order valence-corrected chi connectivity index (χ1v) is 5.36. The molecule has 0 bridgehead atoms. The van der Waals surface area contributed by atoms with Crippen molar-refractivity contribution in [2.75, 3.05) is 19.0 Å². The minimum absolute atomic E-state index is 0.238. The summed E-state index contributed by atoms with van der Waals surface area (Å²) >= 11 is 0. The zero-order chi connectivity index (χ0) is 12.8. The van der Waals surface area contributed by atoms with Crippen LogP contribution in [0.25, 0.3) is 5.95 Å². The average Bonchev–Trinajstić information content (AvgIpc) is 2.92. The van der Waals surface area contributed by atoms with E-state index in [1.54, 1.807) is 13.1 Å². The summed E-state index contributed by atoms with van der Waals surface area (Å²) in [4.78, 5) is 16.2. The van der Waals surface area contributed by atoms with Crippen LogP contribution in [0.5, 0.6) is 6.01 Å². The van der Waals surface area contributed by atoms with Gasteiger partial charge in [-0.3, -0.25) is 0 Å². The Hall–Kier alpha value is -2.51. The van der Waals surface area contributed by atoms with E-state index in [0.29, 0.717) is 18.5 Å². The van der Waals surface area contributed by atoms with Gasteiger partial charge in [0.25, 0.3) is 5.95 Å². The number of aromatic nitrogens is 6. The Morgan fingerprint density at radius 1 is 1.44 bits per heavy atom. The molecule has 0 saturated heterocycles. The third-order valence-corrected chi connectivity index (χ3v) is 2.00. The predicted octanol–water partition coefficient (Wildman–Crippen LogP) is 0.449. The van der Waals surface area contributed by atoms with Gasteiger partial charge < -0.3 is 10.1 Å². The molecule has 94 valence electrons. The van der Waals surface area contributed by atoms with Crippen molar-refractivity contribution < 1.29 is 4.74 Å². The third-order valence-electron chi connectivity index (χ3n) is 2.00. The molecule has 0 unspecified atom stereocenters. The molecule has 2 aromatic heterocycles. The lowest BCUT2D eigenvalue weighted by atomic mass is 10.5. The molecule has 2 rings (SSSR count). The quantitative estimate of drug-likeness (QED) is 0.585. The van der Waals surface area contributed by atoms with Gasteiger partial charge in [-0.1, -0.05) is 6.08 Å². The van der Waals surface area contributed by atoms with E-state index in [2.05, 4.69) is 36.9 Å². The fraction of sp³-hybridized carbons (Fsp3) is 0.300. The van der Waals surface area contributed by atoms with Crippen LogP contribution in [0.4, 0.5) is 5.95 Å². The first kappa shape index (κ1) is 12.0. The van der Waals surface area contributed by atoms with Gasteiger partial charge in [0.2, 0.25) is 5.95 Å². The summed E-state index contributed by atoms with van der Waals surface area (Å²) in [7, 11) is 1.72. The lowest BCUT2D eigenvalue weighted by Gasteiger charge is -2.06. The monoisotopic (exact) mass is 247 g/mol. The second-order valence-corrected chi connectivity index (χ2v) is 3.26. The Morgan fingerprint density at radius 2 is 2.33 bits per heavy atom. The predicted molar refractivity (Wildman–Crippen MR) is 64.6 cm³/mol.